The fourth-order valence-corrected chi connectivity index (χ4v) is 3.54. The van der Waals surface area contributed by atoms with Crippen molar-refractivity contribution in [1.29, 1.82) is 0 Å². The normalized spacial score (nSPS) is 19.0. The third-order valence-electron chi connectivity index (χ3n) is 4.85. The molecule has 25 heavy (non-hydrogen) atoms. The number of carbonyl (C=O) groups excluding carboxylic acids is 1. The first-order valence-electron chi connectivity index (χ1n) is 8.87. The zero-order valence-corrected chi connectivity index (χ0v) is 15.1. The van der Waals surface area contributed by atoms with Crippen LogP contribution in [0.15, 0.2) is 24.3 Å². The smallest absolute Gasteiger partial charge is 0.288 e. The number of halogens is 3. The molecule has 1 amide bonds. The Morgan fingerprint density at radius 2 is 1.84 bits per heavy atom. The van der Waals surface area contributed by atoms with Crippen molar-refractivity contribution < 1.29 is 18.0 Å². The Labute approximate surface area is 147 Å². The number of nitrogens with zero attached hydrogens (tertiary/aromatic N) is 1. The van der Waals surface area contributed by atoms with Crippen LogP contribution in [0.25, 0.3) is 0 Å². The standard InChI is InChI=1S/C19H27F3N2O/c1-4-14-9-5-6-10-15(14)11-7-8-12-16(19(20,21)22)24-18(2,3)13-17(25)23-24/h5-6,9-10,16H,4,7-8,11-13H2,1-3H3,(H,23,25). The Balaban J connectivity index is 1.96. The van der Waals surface area contributed by atoms with Gasteiger partial charge in [-0.3, -0.25) is 10.2 Å². The van der Waals surface area contributed by atoms with E-state index in [-0.39, 0.29) is 18.7 Å². The highest BCUT2D eigenvalue weighted by molar-refractivity contribution is 5.78. The minimum Gasteiger partial charge on any atom is -0.288 e. The van der Waals surface area contributed by atoms with Gasteiger partial charge in [0.25, 0.3) is 0 Å². The van der Waals surface area contributed by atoms with E-state index in [2.05, 4.69) is 18.4 Å². The van der Waals surface area contributed by atoms with Gasteiger partial charge in [-0.05, 0) is 50.7 Å². The molecule has 1 unspecified atom stereocenters. The van der Waals surface area contributed by atoms with E-state index in [0.29, 0.717) is 12.8 Å². The van der Waals surface area contributed by atoms with Gasteiger partial charge in [0.05, 0.1) is 0 Å². The minimum absolute atomic E-state index is 0.0124. The highest BCUT2D eigenvalue weighted by Gasteiger charge is 2.51. The number of hydrogen-bond donors (Lipinski definition) is 1. The number of carbonyl (C=O) groups is 1. The van der Waals surface area contributed by atoms with Crippen LogP contribution in [0, 0.1) is 0 Å². The van der Waals surface area contributed by atoms with Crippen LogP contribution in [-0.4, -0.2) is 28.7 Å². The second-order valence-electron chi connectivity index (χ2n) is 7.32. The van der Waals surface area contributed by atoms with Crippen LogP contribution in [0.1, 0.15) is 57.6 Å². The maximum atomic E-state index is 13.5. The molecule has 3 nitrogen and oxygen atoms in total. The zero-order chi connectivity index (χ0) is 18.7. The molecule has 0 radical (unpaired) electrons. The molecule has 2 rings (SSSR count). The van der Waals surface area contributed by atoms with Gasteiger partial charge in [0.15, 0.2) is 0 Å². The van der Waals surface area contributed by atoms with Gasteiger partial charge in [-0.1, -0.05) is 37.6 Å². The molecule has 0 bridgehead atoms. The first kappa shape index (κ1) is 19.8. The van der Waals surface area contributed by atoms with Gasteiger partial charge in [-0.2, -0.15) is 13.2 Å². The lowest BCUT2D eigenvalue weighted by Gasteiger charge is -2.37. The van der Waals surface area contributed by atoms with E-state index in [4.69, 9.17) is 0 Å². The summed E-state index contributed by atoms with van der Waals surface area (Å²) in [6.45, 7) is 5.42. The molecule has 1 aromatic rings. The summed E-state index contributed by atoms with van der Waals surface area (Å²) >= 11 is 0. The van der Waals surface area contributed by atoms with E-state index in [1.807, 2.05) is 18.2 Å². The number of unbranched alkanes of at least 4 members (excludes halogenated alkanes) is 1. The maximum Gasteiger partial charge on any atom is 0.405 e. The Kier molecular flexibility index (Phi) is 6.14. The van der Waals surface area contributed by atoms with E-state index in [1.165, 1.54) is 11.1 Å². The van der Waals surface area contributed by atoms with Crippen LogP contribution < -0.4 is 5.43 Å². The van der Waals surface area contributed by atoms with Crippen molar-refractivity contribution in [1.82, 2.24) is 10.4 Å². The Morgan fingerprint density at radius 1 is 1.20 bits per heavy atom. The van der Waals surface area contributed by atoms with Gasteiger partial charge in [0.1, 0.15) is 6.04 Å². The SMILES string of the molecule is CCc1ccccc1CCCCC(N1NC(=O)CC1(C)C)C(F)(F)F. The minimum atomic E-state index is -4.36. The quantitative estimate of drug-likeness (QED) is 0.734. The molecule has 0 saturated carbocycles. The van der Waals surface area contributed by atoms with Crippen molar-refractivity contribution in [2.45, 2.75) is 77.1 Å². The van der Waals surface area contributed by atoms with Crippen LogP contribution in [0.3, 0.4) is 0 Å². The fraction of sp³-hybridized carbons (Fsp3) is 0.632. The molecular formula is C19H27F3N2O. The second kappa shape index (κ2) is 7.77. The highest BCUT2D eigenvalue weighted by Crippen LogP contribution is 2.35. The maximum absolute atomic E-state index is 13.5. The van der Waals surface area contributed by atoms with Crippen LogP contribution in [0.4, 0.5) is 13.2 Å². The molecular weight excluding hydrogens is 329 g/mol. The molecule has 0 spiro atoms. The van der Waals surface area contributed by atoms with Gasteiger partial charge >= 0.3 is 6.18 Å². The summed E-state index contributed by atoms with van der Waals surface area (Å²) in [5.74, 6) is -0.351. The molecule has 0 aliphatic carbocycles. The number of alkyl halides is 3. The molecule has 1 aromatic carbocycles. The van der Waals surface area contributed by atoms with E-state index in [1.54, 1.807) is 13.8 Å². The number of hydrazine groups is 1. The van der Waals surface area contributed by atoms with Gasteiger partial charge in [0, 0.05) is 12.0 Å². The number of nitrogens with one attached hydrogen (secondary N) is 1. The van der Waals surface area contributed by atoms with Crippen molar-refractivity contribution in [3.63, 3.8) is 0 Å². The molecule has 140 valence electrons. The number of benzene rings is 1. The average molecular weight is 356 g/mol. The molecule has 1 atom stereocenters. The average Bonchev–Trinajstić information content (AvgIpc) is 2.78. The predicted octanol–water partition coefficient (Wildman–Crippen LogP) is 4.41. The number of amides is 1. The number of hydrogen-bond acceptors (Lipinski definition) is 2. The van der Waals surface area contributed by atoms with Crippen LogP contribution in [0.5, 0.6) is 0 Å². The van der Waals surface area contributed by atoms with E-state index in [9.17, 15) is 18.0 Å². The van der Waals surface area contributed by atoms with Crippen LogP contribution >= 0.6 is 0 Å². The Morgan fingerprint density at radius 3 is 2.36 bits per heavy atom. The Hall–Kier alpha value is -1.56. The van der Waals surface area contributed by atoms with Crippen molar-refractivity contribution >= 4 is 5.91 Å². The third kappa shape index (κ3) is 4.97. The van der Waals surface area contributed by atoms with Crippen molar-refractivity contribution in [3.05, 3.63) is 35.4 Å². The largest absolute Gasteiger partial charge is 0.405 e. The van der Waals surface area contributed by atoms with E-state index >= 15 is 0 Å². The highest BCUT2D eigenvalue weighted by atomic mass is 19.4. The fourth-order valence-electron chi connectivity index (χ4n) is 3.54. The number of rotatable bonds is 7. The van der Waals surface area contributed by atoms with Crippen LogP contribution in [-0.2, 0) is 17.6 Å². The third-order valence-corrected chi connectivity index (χ3v) is 4.85. The summed E-state index contributed by atoms with van der Waals surface area (Å²) in [7, 11) is 0. The molecule has 1 fully saturated rings. The molecule has 0 aromatic heterocycles. The van der Waals surface area contributed by atoms with Crippen molar-refractivity contribution in [3.8, 4) is 0 Å². The lowest BCUT2D eigenvalue weighted by atomic mass is 9.96. The summed E-state index contributed by atoms with van der Waals surface area (Å²) < 4.78 is 40.6. The Bertz CT molecular complexity index is 599. The number of aryl methyl sites for hydroxylation is 2. The lowest BCUT2D eigenvalue weighted by molar-refractivity contribution is -0.202. The predicted molar refractivity (Wildman–Crippen MR) is 91.9 cm³/mol. The molecule has 6 heteroatoms. The van der Waals surface area contributed by atoms with Gasteiger partial charge in [-0.25, -0.2) is 5.01 Å². The van der Waals surface area contributed by atoms with E-state index < -0.39 is 17.8 Å². The molecule has 1 aliphatic rings. The van der Waals surface area contributed by atoms with Crippen molar-refractivity contribution in [2.75, 3.05) is 0 Å². The summed E-state index contributed by atoms with van der Waals surface area (Å²) in [5, 5.41) is 1.11. The van der Waals surface area contributed by atoms with Gasteiger partial charge in [0.2, 0.25) is 5.91 Å². The molecule has 1 aliphatic heterocycles. The molecule has 1 heterocycles. The van der Waals surface area contributed by atoms with Gasteiger partial charge in [-0.15, -0.1) is 0 Å². The summed E-state index contributed by atoms with van der Waals surface area (Å²) in [4.78, 5) is 11.6. The van der Waals surface area contributed by atoms with Crippen molar-refractivity contribution in [2.24, 2.45) is 0 Å². The second-order valence-corrected chi connectivity index (χ2v) is 7.32. The zero-order valence-electron chi connectivity index (χ0n) is 15.1. The lowest BCUT2D eigenvalue weighted by Crippen LogP contribution is -2.56. The first-order chi connectivity index (χ1) is 11.6. The monoisotopic (exact) mass is 356 g/mol. The summed E-state index contributed by atoms with van der Waals surface area (Å²) in [5.41, 5.74) is 4.04. The van der Waals surface area contributed by atoms with Crippen LogP contribution in [0.2, 0.25) is 0 Å². The van der Waals surface area contributed by atoms with Gasteiger partial charge < -0.3 is 0 Å². The molecule has 1 N–H and O–H groups in total. The topological polar surface area (TPSA) is 32.3 Å². The summed E-state index contributed by atoms with van der Waals surface area (Å²) in [6, 6.07) is 6.42. The first-order valence-corrected chi connectivity index (χ1v) is 8.87. The summed E-state index contributed by atoms with van der Waals surface area (Å²) in [6.07, 6.45) is -1.42. The molecule has 1 saturated heterocycles. The van der Waals surface area contributed by atoms with E-state index in [0.717, 1.165) is 17.9 Å².